The molecule has 1 unspecified atom stereocenters. The molecule has 1 amide bonds. The number of ether oxygens (including phenoxy) is 2. The van der Waals surface area contributed by atoms with Crippen molar-refractivity contribution >= 4 is 23.2 Å². The van der Waals surface area contributed by atoms with Crippen LogP contribution < -0.4 is 9.22 Å². The van der Waals surface area contributed by atoms with Crippen molar-refractivity contribution in [1.82, 2.24) is 4.48 Å². The minimum absolute atomic E-state index is 0.0363. The Hall–Kier alpha value is -1.10. The van der Waals surface area contributed by atoms with Crippen LogP contribution in [0.5, 0.6) is 5.75 Å². The summed E-state index contributed by atoms with van der Waals surface area (Å²) in [6, 6.07) is 5.45. The zero-order valence-electron chi connectivity index (χ0n) is 14.2. The average molecular weight is 329 g/mol. The molecule has 124 valence electrons. The Morgan fingerprint density at radius 2 is 2.05 bits per heavy atom. The van der Waals surface area contributed by atoms with Crippen LogP contribution in [0.1, 0.15) is 34.1 Å². The van der Waals surface area contributed by atoms with Crippen molar-refractivity contribution in [2.75, 3.05) is 27.0 Å². The maximum atomic E-state index is 12.3. The number of halogens is 1. The van der Waals surface area contributed by atoms with E-state index in [9.17, 15) is 4.79 Å². The average Bonchev–Trinajstić information content (AvgIpc) is 2.44. The number of hydrogen-bond donors (Lipinski definition) is 0. The number of para-hydroxylation sites is 1. The highest BCUT2D eigenvalue weighted by Gasteiger charge is 2.37. The monoisotopic (exact) mass is 328 g/mol. The van der Waals surface area contributed by atoms with E-state index < -0.39 is 0 Å². The first-order valence-electron chi connectivity index (χ1n) is 7.69. The van der Waals surface area contributed by atoms with Crippen LogP contribution in [0.25, 0.3) is 0 Å². The van der Waals surface area contributed by atoms with Gasteiger partial charge in [-0.05, 0) is 24.5 Å². The molecule has 0 saturated heterocycles. The summed E-state index contributed by atoms with van der Waals surface area (Å²) in [4.78, 5) is 12.3. The molecule has 0 aromatic heterocycles. The molecule has 0 aliphatic rings. The summed E-state index contributed by atoms with van der Waals surface area (Å²) >= 11 is 6.37. The molecule has 0 radical (unpaired) electrons. The number of quaternary nitrogens is 1. The molecule has 4 nitrogen and oxygen atoms in total. The highest BCUT2D eigenvalue weighted by Crippen LogP contribution is 2.39. The molecule has 0 aliphatic heterocycles. The Balaban J connectivity index is 3.16. The van der Waals surface area contributed by atoms with E-state index in [4.69, 9.17) is 21.1 Å². The van der Waals surface area contributed by atoms with Gasteiger partial charge in [0.2, 0.25) is 5.69 Å². The van der Waals surface area contributed by atoms with Gasteiger partial charge in [0.25, 0.3) is 0 Å². The first-order chi connectivity index (χ1) is 10.3. The first-order valence-corrected chi connectivity index (χ1v) is 8.07. The maximum Gasteiger partial charge on any atom is 0.317 e. The van der Waals surface area contributed by atoms with Crippen molar-refractivity contribution in [1.29, 1.82) is 0 Å². The molecule has 0 aliphatic carbocycles. The van der Waals surface area contributed by atoms with E-state index in [1.54, 1.807) is 13.0 Å². The van der Waals surface area contributed by atoms with Crippen molar-refractivity contribution in [3.8, 4) is 5.75 Å². The van der Waals surface area contributed by atoms with Gasteiger partial charge < -0.3 is 9.47 Å². The molecule has 0 heterocycles. The van der Waals surface area contributed by atoms with Crippen molar-refractivity contribution in [2.45, 2.75) is 34.1 Å². The molecule has 0 N–H and O–H groups in total. The fraction of sp³-hybridized carbons (Fsp3) is 0.588. The number of amides is 1. The Morgan fingerprint density at radius 3 is 2.59 bits per heavy atom. The van der Waals surface area contributed by atoms with E-state index in [1.807, 2.05) is 26.1 Å². The van der Waals surface area contributed by atoms with Gasteiger partial charge in [-0.3, -0.25) is 0 Å². The molecule has 1 aromatic rings. The third-order valence-corrected chi connectivity index (χ3v) is 3.71. The van der Waals surface area contributed by atoms with Gasteiger partial charge in [-0.2, -0.15) is 0 Å². The molecule has 22 heavy (non-hydrogen) atoms. The van der Waals surface area contributed by atoms with Crippen LogP contribution in [0.2, 0.25) is 5.02 Å². The lowest BCUT2D eigenvalue weighted by Crippen LogP contribution is -2.51. The van der Waals surface area contributed by atoms with E-state index >= 15 is 0 Å². The summed E-state index contributed by atoms with van der Waals surface area (Å²) in [5, 5.41) is 0.513. The molecule has 0 bridgehead atoms. The number of nitrogens with zero attached hydrogens (tertiary/aromatic N) is 1. The second-order valence-corrected chi connectivity index (χ2v) is 6.45. The lowest BCUT2D eigenvalue weighted by molar-refractivity contribution is -0.132. The van der Waals surface area contributed by atoms with E-state index in [1.165, 1.54) is 0 Å². The highest BCUT2D eigenvalue weighted by molar-refractivity contribution is 6.33. The van der Waals surface area contributed by atoms with Gasteiger partial charge in [-0.1, -0.05) is 38.4 Å². The van der Waals surface area contributed by atoms with E-state index in [-0.39, 0.29) is 17.1 Å². The molecule has 5 heteroatoms. The Bertz CT molecular complexity index is 505. The highest BCUT2D eigenvalue weighted by atomic mass is 35.5. The van der Waals surface area contributed by atoms with Crippen LogP contribution in [-0.4, -0.2) is 32.9 Å². The standard InChI is InChI=1S/C17H27ClNO3/c1-6-10-22-16-9-7-8-15(18)17(16)19(5,14(4)20)12-21-11-13(2)3/h7-9,13H,6,10-12H2,1-5H3/q+1. The van der Waals surface area contributed by atoms with Crippen LogP contribution in [0.3, 0.4) is 0 Å². The fourth-order valence-electron chi connectivity index (χ4n) is 2.09. The summed E-state index contributed by atoms with van der Waals surface area (Å²) < 4.78 is 11.5. The van der Waals surface area contributed by atoms with Gasteiger partial charge in [0.05, 0.1) is 27.2 Å². The van der Waals surface area contributed by atoms with Crippen LogP contribution in [-0.2, 0) is 9.53 Å². The number of carbonyl (C=O) groups is 1. The Kier molecular flexibility index (Phi) is 7.33. The van der Waals surface area contributed by atoms with Crippen molar-refractivity contribution in [3.05, 3.63) is 23.2 Å². The third kappa shape index (κ3) is 4.70. The number of rotatable bonds is 8. The molecular formula is C17H27ClNO3+. The van der Waals surface area contributed by atoms with E-state index in [2.05, 4.69) is 13.8 Å². The van der Waals surface area contributed by atoms with Crippen LogP contribution in [0.15, 0.2) is 18.2 Å². The Morgan fingerprint density at radius 1 is 1.36 bits per heavy atom. The second kappa shape index (κ2) is 8.51. The summed E-state index contributed by atoms with van der Waals surface area (Å²) in [6.45, 7) is 9.14. The smallest absolute Gasteiger partial charge is 0.317 e. The maximum absolute atomic E-state index is 12.3. The second-order valence-electron chi connectivity index (χ2n) is 6.04. The fourth-order valence-corrected chi connectivity index (χ4v) is 2.44. The molecule has 1 rings (SSSR count). The van der Waals surface area contributed by atoms with Crippen molar-refractivity contribution in [2.24, 2.45) is 5.92 Å². The molecular weight excluding hydrogens is 302 g/mol. The number of hydrogen-bond acceptors (Lipinski definition) is 3. The van der Waals surface area contributed by atoms with Gasteiger partial charge in [0, 0.05) is 0 Å². The first kappa shape index (κ1) is 18.9. The third-order valence-electron chi connectivity index (χ3n) is 3.40. The summed E-state index contributed by atoms with van der Waals surface area (Å²) in [5.74, 6) is 1.00. The van der Waals surface area contributed by atoms with Crippen molar-refractivity contribution in [3.63, 3.8) is 0 Å². The van der Waals surface area contributed by atoms with E-state index in [0.29, 0.717) is 35.6 Å². The van der Waals surface area contributed by atoms with Gasteiger partial charge in [-0.15, -0.1) is 0 Å². The Labute approximate surface area is 138 Å². The molecule has 1 aromatic carbocycles. The van der Waals surface area contributed by atoms with Crippen LogP contribution in [0, 0.1) is 5.92 Å². The van der Waals surface area contributed by atoms with Gasteiger partial charge in [0.1, 0.15) is 5.02 Å². The van der Waals surface area contributed by atoms with Crippen LogP contribution in [0.4, 0.5) is 5.69 Å². The zero-order chi connectivity index (χ0) is 16.8. The normalized spacial score (nSPS) is 14.0. The summed E-state index contributed by atoms with van der Waals surface area (Å²) in [7, 11) is 1.81. The summed E-state index contributed by atoms with van der Waals surface area (Å²) in [5.41, 5.74) is 0.661. The quantitative estimate of drug-likeness (QED) is 0.529. The lowest BCUT2D eigenvalue weighted by atomic mass is 10.2. The van der Waals surface area contributed by atoms with Gasteiger partial charge in [-0.25, -0.2) is 9.28 Å². The van der Waals surface area contributed by atoms with Gasteiger partial charge in [0.15, 0.2) is 12.5 Å². The topological polar surface area (TPSA) is 35.5 Å². The predicted molar refractivity (Wildman–Crippen MR) is 91.3 cm³/mol. The minimum atomic E-state index is -0.0433. The van der Waals surface area contributed by atoms with E-state index in [0.717, 1.165) is 6.42 Å². The van der Waals surface area contributed by atoms with Crippen molar-refractivity contribution < 1.29 is 14.3 Å². The molecule has 0 fully saturated rings. The molecule has 1 atom stereocenters. The lowest BCUT2D eigenvalue weighted by Gasteiger charge is -2.31. The SMILES string of the molecule is CCCOc1cccc(Cl)c1[N+](C)(COCC(C)C)C(C)=O. The zero-order valence-corrected chi connectivity index (χ0v) is 14.9. The predicted octanol–water partition coefficient (Wildman–Crippen LogP) is 4.24. The van der Waals surface area contributed by atoms with Gasteiger partial charge >= 0.3 is 5.91 Å². The summed E-state index contributed by atoms with van der Waals surface area (Å²) in [6.07, 6.45) is 0.888. The number of benzene rings is 1. The minimum Gasteiger partial charge on any atom is -0.487 e. The number of carbonyl (C=O) groups excluding carboxylic acids is 1. The largest absolute Gasteiger partial charge is 0.487 e. The molecule has 0 saturated carbocycles. The van der Waals surface area contributed by atoms with Crippen LogP contribution >= 0.6 is 11.6 Å². The molecule has 0 spiro atoms.